The minimum absolute atomic E-state index is 0.255. The first kappa shape index (κ1) is 20.3. The van der Waals surface area contributed by atoms with Crippen molar-refractivity contribution >= 4 is 22.1 Å². The van der Waals surface area contributed by atoms with Crippen LogP contribution in [0.4, 0.5) is 11.4 Å². The predicted octanol–water partition coefficient (Wildman–Crippen LogP) is 4.52. The fraction of sp³-hybridized carbons (Fsp3) is 0.217. The molecule has 31 heavy (non-hydrogen) atoms. The molecule has 0 fully saturated rings. The minimum atomic E-state index is -0.460. The number of nitrogens with zero attached hydrogens (tertiary/aromatic N) is 3. The van der Waals surface area contributed by atoms with E-state index in [1.807, 2.05) is 62.4 Å². The highest BCUT2D eigenvalue weighted by atomic mass is 16.5. The van der Waals surface area contributed by atoms with Gasteiger partial charge in [-0.1, -0.05) is 48.0 Å². The van der Waals surface area contributed by atoms with Crippen LogP contribution in [0, 0.1) is 13.8 Å². The lowest BCUT2D eigenvalue weighted by molar-refractivity contribution is 0.301. The molecule has 0 aliphatic carbocycles. The van der Waals surface area contributed by atoms with E-state index < -0.39 is 11.4 Å². The van der Waals surface area contributed by atoms with Crippen molar-refractivity contribution in [3.05, 3.63) is 86.7 Å². The maximum Gasteiger partial charge on any atom is 0.344 e. The number of benzene rings is 3. The predicted molar refractivity (Wildman–Crippen MR) is 120 cm³/mol. The lowest BCUT2D eigenvalue weighted by Crippen LogP contribution is -2.27. The Morgan fingerprint density at radius 2 is 1.71 bits per heavy atom. The Morgan fingerprint density at radius 1 is 0.935 bits per heavy atom. The Morgan fingerprint density at radius 3 is 2.48 bits per heavy atom. The highest BCUT2D eigenvalue weighted by molar-refractivity contribution is 5.95. The Labute approximate surface area is 178 Å². The molecule has 0 saturated carbocycles. The van der Waals surface area contributed by atoms with Crippen LogP contribution in [-0.2, 0) is 6.54 Å². The van der Waals surface area contributed by atoms with Crippen molar-refractivity contribution in [1.82, 2.24) is 14.8 Å². The van der Waals surface area contributed by atoms with Gasteiger partial charge < -0.3 is 4.74 Å². The van der Waals surface area contributed by atoms with Crippen LogP contribution < -0.4 is 16.1 Å². The third kappa shape index (κ3) is 4.48. The highest BCUT2D eigenvalue weighted by Crippen LogP contribution is 2.37. The lowest BCUT2D eigenvalue weighted by Gasteiger charge is -2.11. The SMILES string of the molecule is Cc1ccc(N=Nc2c(OCCCn3c(=O)[nH][nH]c3=O)ccc3ccccc23)c(C)c1. The van der Waals surface area contributed by atoms with Crippen LogP contribution >= 0.6 is 0 Å². The first-order valence-electron chi connectivity index (χ1n) is 10.0. The quantitative estimate of drug-likeness (QED) is 0.341. The largest absolute Gasteiger partial charge is 0.491 e. The molecule has 0 radical (unpaired) electrons. The van der Waals surface area contributed by atoms with Gasteiger partial charge in [0.2, 0.25) is 0 Å². The number of hydrogen-bond acceptors (Lipinski definition) is 5. The summed E-state index contributed by atoms with van der Waals surface area (Å²) in [6, 6.07) is 17.8. The molecule has 0 amide bonds. The summed E-state index contributed by atoms with van der Waals surface area (Å²) >= 11 is 0. The zero-order valence-electron chi connectivity index (χ0n) is 17.4. The van der Waals surface area contributed by atoms with Crippen LogP contribution in [0.2, 0.25) is 0 Å². The Kier molecular flexibility index (Phi) is 5.79. The number of azo groups is 1. The molecule has 0 aliphatic rings. The number of fused-ring (bicyclic) bond motifs is 1. The third-order valence-electron chi connectivity index (χ3n) is 5.02. The van der Waals surface area contributed by atoms with E-state index in [-0.39, 0.29) is 6.54 Å². The average molecular weight is 417 g/mol. The van der Waals surface area contributed by atoms with Gasteiger partial charge in [0.1, 0.15) is 11.4 Å². The van der Waals surface area contributed by atoms with Gasteiger partial charge in [0.25, 0.3) is 0 Å². The Hall–Kier alpha value is -3.94. The molecule has 8 heteroatoms. The second kappa shape index (κ2) is 8.83. The van der Waals surface area contributed by atoms with Gasteiger partial charge in [0, 0.05) is 11.9 Å². The summed E-state index contributed by atoms with van der Waals surface area (Å²) in [5.74, 6) is 0.600. The topological polar surface area (TPSA) is 105 Å². The fourth-order valence-corrected chi connectivity index (χ4v) is 3.42. The first-order valence-corrected chi connectivity index (χ1v) is 10.0. The molecular formula is C23H23N5O3. The summed E-state index contributed by atoms with van der Waals surface area (Å²) in [6.07, 6.45) is 0.487. The van der Waals surface area contributed by atoms with Gasteiger partial charge in [-0.25, -0.2) is 24.4 Å². The van der Waals surface area contributed by atoms with Crippen molar-refractivity contribution in [2.45, 2.75) is 26.8 Å². The highest BCUT2D eigenvalue weighted by Gasteiger charge is 2.10. The molecule has 0 atom stereocenters. The van der Waals surface area contributed by atoms with E-state index in [4.69, 9.17) is 4.74 Å². The molecule has 4 aromatic rings. The molecule has 1 heterocycles. The smallest absolute Gasteiger partial charge is 0.344 e. The van der Waals surface area contributed by atoms with Crippen LogP contribution in [0.3, 0.4) is 0 Å². The monoisotopic (exact) mass is 417 g/mol. The van der Waals surface area contributed by atoms with E-state index in [0.29, 0.717) is 24.5 Å². The summed E-state index contributed by atoms with van der Waals surface area (Å²) in [5.41, 5.74) is 2.75. The summed E-state index contributed by atoms with van der Waals surface area (Å²) in [7, 11) is 0. The molecule has 8 nitrogen and oxygen atoms in total. The second-order valence-electron chi connectivity index (χ2n) is 7.34. The molecule has 2 N–H and O–H groups in total. The van der Waals surface area contributed by atoms with E-state index >= 15 is 0 Å². The molecule has 158 valence electrons. The van der Waals surface area contributed by atoms with Crippen LogP contribution in [0.25, 0.3) is 10.8 Å². The average Bonchev–Trinajstić information content (AvgIpc) is 3.08. The molecule has 3 aromatic carbocycles. The molecule has 4 rings (SSSR count). The molecule has 0 unspecified atom stereocenters. The molecule has 0 aliphatic heterocycles. The van der Waals surface area contributed by atoms with Crippen LogP contribution in [-0.4, -0.2) is 21.4 Å². The van der Waals surface area contributed by atoms with Gasteiger partial charge in [-0.3, -0.25) is 0 Å². The van der Waals surface area contributed by atoms with Gasteiger partial charge in [-0.15, -0.1) is 5.11 Å². The van der Waals surface area contributed by atoms with Crippen LogP contribution in [0.1, 0.15) is 17.5 Å². The van der Waals surface area contributed by atoms with Crippen molar-refractivity contribution in [3.8, 4) is 5.75 Å². The van der Waals surface area contributed by atoms with Gasteiger partial charge in [-0.05, 0) is 43.4 Å². The van der Waals surface area contributed by atoms with Gasteiger partial charge in [0.05, 0.1) is 12.3 Å². The number of ether oxygens (including phenoxy) is 1. The Balaban J connectivity index is 1.58. The number of hydrogen-bond donors (Lipinski definition) is 2. The fourth-order valence-electron chi connectivity index (χ4n) is 3.42. The molecule has 0 saturated heterocycles. The van der Waals surface area contributed by atoms with E-state index in [1.54, 1.807) is 0 Å². The number of aromatic nitrogens is 3. The van der Waals surface area contributed by atoms with E-state index in [2.05, 4.69) is 26.5 Å². The summed E-state index contributed by atoms with van der Waals surface area (Å²) in [5, 5.41) is 15.5. The molecular weight excluding hydrogens is 394 g/mol. The Bertz CT molecular complexity index is 1340. The van der Waals surface area contributed by atoms with Crippen molar-refractivity contribution < 1.29 is 4.74 Å². The third-order valence-corrected chi connectivity index (χ3v) is 5.02. The van der Waals surface area contributed by atoms with Gasteiger partial charge >= 0.3 is 11.4 Å². The maximum absolute atomic E-state index is 11.6. The molecule has 1 aromatic heterocycles. The van der Waals surface area contributed by atoms with Gasteiger partial charge in [-0.2, -0.15) is 5.11 Å². The number of rotatable bonds is 7. The normalized spacial score (nSPS) is 11.4. The van der Waals surface area contributed by atoms with Crippen molar-refractivity contribution in [1.29, 1.82) is 0 Å². The van der Waals surface area contributed by atoms with E-state index in [1.165, 1.54) is 5.56 Å². The number of H-pyrrole nitrogens is 2. The zero-order valence-corrected chi connectivity index (χ0v) is 17.4. The second-order valence-corrected chi connectivity index (χ2v) is 7.34. The molecule has 0 bridgehead atoms. The van der Waals surface area contributed by atoms with Crippen molar-refractivity contribution in [2.24, 2.45) is 10.2 Å². The van der Waals surface area contributed by atoms with Crippen molar-refractivity contribution in [3.63, 3.8) is 0 Å². The number of aromatic amines is 2. The van der Waals surface area contributed by atoms with Crippen LogP contribution in [0.5, 0.6) is 5.75 Å². The number of aryl methyl sites for hydroxylation is 2. The lowest BCUT2D eigenvalue weighted by atomic mass is 10.1. The summed E-state index contributed by atoms with van der Waals surface area (Å²) < 4.78 is 7.07. The zero-order chi connectivity index (χ0) is 21.8. The first-order chi connectivity index (χ1) is 15.0. The summed E-state index contributed by atoms with van der Waals surface area (Å²) in [4.78, 5) is 23.2. The van der Waals surface area contributed by atoms with Crippen molar-refractivity contribution in [2.75, 3.05) is 6.61 Å². The van der Waals surface area contributed by atoms with Gasteiger partial charge in [0.15, 0.2) is 0 Å². The van der Waals surface area contributed by atoms with Crippen LogP contribution in [0.15, 0.2) is 74.4 Å². The number of nitrogens with one attached hydrogen (secondary N) is 2. The maximum atomic E-state index is 11.6. The summed E-state index contributed by atoms with van der Waals surface area (Å²) in [6.45, 7) is 4.62. The van der Waals surface area contributed by atoms with E-state index in [9.17, 15) is 9.59 Å². The molecule has 0 spiro atoms. The standard InChI is InChI=1S/C23H23N5O3/c1-15-8-10-19(16(2)14-15)24-25-21-18-7-4-3-6-17(18)9-11-20(21)31-13-5-12-28-22(29)26-27-23(28)30/h3-4,6-11,14H,5,12-13H2,1-2H3,(H,26,29)(H,27,30). The van der Waals surface area contributed by atoms with E-state index in [0.717, 1.165) is 26.6 Å². The minimum Gasteiger partial charge on any atom is -0.491 e.